The van der Waals surface area contributed by atoms with Gasteiger partial charge in [-0.05, 0) is 5.28 Å². The third kappa shape index (κ3) is 6.63. The minimum absolute atomic E-state index is 0.0174. The van der Waals surface area contributed by atoms with Crippen LogP contribution in [0.2, 0.25) is 5.28 Å². The molecule has 0 fully saturated rings. The van der Waals surface area contributed by atoms with Crippen LogP contribution in [-0.2, 0) is 7.58 Å². The van der Waals surface area contributed by atoms with Gasteiger partial charge in [0.15, 0.2) is 0 Å². The van der Waals surface area contributed by atoms with Crippen LogP contribution in [0.1, 0.15) is 6.42 Å². The summed E-state index contributed by atoms with van der Waals surface area (Å²) < 4.78 is 44.2. The number of halogens is 3. The largest absolute Gasteiger partial charge is 0.674 e. The second-order valence-electron chi connectivity index (χ2n) is 2.05. The summed E-state index contributed by atoms with van der Waals surface area (Å²) in [5.41, 5.74) is 0. The summed E-state index contributed by atoms with van der Waals surface area (Å²) in [6.07, 6.45) is -4.91. The van der Waals surface area contributed by atoms with Crippen molar-refractivity contribution in [3.8, 4) is 0 Å². The highest BCUT2D eigenvalue weighted by molar-refractivity contribution is 6.44. The first-order chi connectivity index (χ1) is 4.99. The van der Waals surface area contributed by atoms with Crippen LogP contribution >= 0.6 is 0 Å². The highest BCUT2D eigenvalue weighted by atomic mass is 27.2. The number of hydrogen-bond donors (Lipinski definition) is 0. The van der Waals surface area contributed by atoms with E-state index in [1.807, 2.05) is 0 Å². The molecule has 0 saturated heterocycles. The molecule has 11 heavy (non-hydrogen) atoms. The molecule has 6 heteroatoms. The van der Waals surface area contributed by atoms with Gasteiger partial charge in [0, 0.05) is 20.6 Å². The fraction of sp³-hybridized carbons (Fsp3) is 1.00. The Bertz CT molecular complexity index is 102. The minimum atomic E-state index is -4.09. The third-order valence-corrected chi connectivity index (χ3v) is 3.00. The lowest BCUT2D eigenvalue weighted by atomic mass is 10.5. The van der Waals surface area contributed by atoms with Crippen molar-refractivity contribution in [3.63, 3.8) is 0 Å². The van der Waals surface area contributed by atoms with Crippen LogP contribution in [0.25, 0.3) is 0 Å². The second-order valence-corrected chi connectivity index (χ2v) is 4.43. The van der Waals surface area contributed by atoms with Gasteiger partial charge in [0.05, 0.1) is 0 Å². The Labute approximate surface area is 68.3 Å². The van der Waals surface area contributed by atoms with Crippen LogP contribution in [0.15, 0.2) is 0 Å². The van der Waals surface area contributed by atoms with Crippen LogP contribution in [-0.4, -0.2) is 35.2 Å². The number of hydrogen-bond acceptors (Lipinski definition) is 2. The van der Waals surface area contributed by atoms with Gasteiger partial charge in [-0.25, -0.2) is 0 Å². The van der Waals surface area contributed by atoms with E-state index in [2.05, 4.69) is 0 Å². The average Bonchev–Trinajstić information content (AvgIpc) is 1.88. The molecule has 0 heterocycles. The molecule has 0 rings (SSSR count). The van der Waals surface area contributed by atoms with Crippen molar-refractivity contribution in [1.29, 1.82) is 0 Å². The molecule has 0 spiro atoms. The Balaban J connectivity index is 3.51. The molecule has 0 aromatic rings. The Kier molecular flexibility index (Phi) is 5.10. The average molecular weight is 186 g/mol. The van der Waals surface area contributed by atoms with Gasteiger partial charge in [-0.15, -0.1) is 0 Å². The van der Waals surface area contributed by atoms with E-state index in [9.17, 15) is 13.2 Å². The SMILES string of the molecule is C[O][Al]([CH2]CC(F)(F)F)[O]C. The highest BCUT2D eigenvalue weighted by Gasteiger charge is 2.32. The Morgan fingerprint density at radius 1 is 1.18 bits per heavy atom. The van der Waals surface area contributed by atoms with Gasteiger partial charge in [-0.1, -0.05) is 0 Å². The van der Waals surface area contributed by atoms with E-state index in [1.54, 1.807) is 0 Å². The lowest BCUT2D eigenvalue weighted by Gasteiger charge is -2.08. The quantitative estimate of drug-likeness (QED) is 0.622. The summed E-state index contributed by atoms with van der Waals surface area (Å²) >= 11 is -2.01. The van der Waals surface area contributed by atoms with E-state index >= 15 is 0 Å². The van der Waals surface area contributed by atoms with E-state index in [-0.39, 0.29) is 5.28 Å². The normalized spacial score (nSPS) is 11.7. The molecule has 0 unspecified atom stereocenters. The minimum Gasteiger partial charge on any atom is -0.481 e. The molecule has 2 nitrogen and oxygen atoms in total. The van der Waals surface area contributed by atoms with Crippen LogP contribution < -0.4 is 0 Å². The van der Waals surface area contributed by atoms with Crippen molar-refractivity contribution in [2.75, 3.05) is 14.2 Å². The summed E-state index contributed by atoms with van der Waals surface area (Å²) in [4.78, 5) is 0. The van der Waals surface area contributed by atoms with E-state index in [0.717, 1.165) is 0 Å². The van der Waals surface area contributed by atoms with Gasteiger partial charge in [0.2, 0.25) is 0 Å². The Morgan fingerprint density at radius 2 is 1.64 bits per heavy atom. The molecule has 0 aliphatic rings. The lowest BCUT2D eigenvalue weighted by molar-refractivity contribution is -0.131. The molecule has 0 aromatic heterocycles. The zero-order chi connectivity index (χ0) is 8.91. The summed E-state index contributed by atoms with van der Waals surface area (Å²) in [6.45, 7) is 0. The van der Waals surface area contributed by atoms with Crippen molar-refractivity contribution in [3.05, 3.63) is 0 Å². The molecule has 0 aliphatic heterocycles. The van der Waals surface area contributed by atoms with Gasteiger partial charge in [-0.2, -0.15) is 13.2 Å². The molecule has 0 saturated carbocycles. The van der Waals surface area contributed by atoms with Gasteiger partial charge in [0.25, 0.3) is 0 Å². The first-order valence-corrected chi connectivity index (χ1v) is 4.88. The molecule has 0 bridgehead atoms. The number of rotatable bonds is 4. The lowest BCUT2D eigenvalue weighted by Crippen LogP contribution is -2.21. The van der Waals surface area contributed by atoms with Gasteiger partial charge in [-0.3, -0.25) is 0 Å². The fourth-order valence-electron chi connectivity index (χ4n) is 0.613. The maximum Gasteiger partial charge on any atom is 0.674 e. The van der Waals surface area contributed by atoms with E-state index < -0.39 is 27.4 Å². The topological polar surface area (TPSA) is 18.5 Å². The van der Waals surface area contributed by atoms with Crippen molar-refractivity contribution >= 4 is 14.8 Å². The van der Waals surface area contributed by atoms with Crippen molar-refractivity contribution in [2.24, 2.45) is 0 Å². The second kappa shape index (κ2) is 4.99. The van der Waals surface area contributed by atoms with Crippen LogP contribution in [0.4, 0.5) is 13.2 Å². The van der Waals surface area contributed by atoms with E-state index in [0.29, 0.717) is 0 Å². The number of alkyl halides is 3. The predicted molar refractivity (Wildman–Crippen MR) is 35.3 cm³/mol. The Hall–Kier alpha value is 0.242. The molecule has 0 aromatic carbocycles. The van der Waals surface area contributed by atoms with Gasteiger partial charge in [0.1, 0.15) is 0 Å². The molecule has 0 atom stereocenters. The first-order valence-electron chi connectivity index (χ1n) is 3.12. The van der Waals surface area contributed by atoms with Crippen molar-refractivity contribution in [2.45, 2.75) is 17.9 Å². The maximum absolute atomic E-state index is 11.6. The zero-order valence-corrected chi connectivity index (χ0v) is 7.60. The van der Waals surface area contributed by atoms with Crippen molar-refractivity contribution < 1.29 is 20.7 Å². The molecular formula is C5H10AlF3O2. The first kappa shape index (κ1) is 11.2. The third-order valence-electron chi connectivity index (χ3n) is 1.19. The van der Waals surface area contributed by atoms with Crippen LogP contribution in [0.5, 0.6) is 0 Å². The molecule has 0 aliphatic carbocycles. The summed E-state index contributed by atoms with van der Waals surface area (Å²) in [5, 5.41) is -0.0174. The smallest absolute Gasteiger partial charge is 0.481 e. The van der Waals surface area contributed by atoms with Crippen LogP contribution in [0, 0.1) is 0 Å². The van der Waals surface area contributed by atoms with Gasteiger partial charge >= 0.3 is 21.0 Å². The fourth-order valence-corrected chi connectivity index (χ4v) is 1.84. The molecule has 0 radical (unpaired) electrons. The van der Waals surface area contributed by atoms with Crippen molar-refractivity contribution in [1.82, 2.24) is 0 Å². The van der Waals surface area contributed by atoms with Gasteiger partial charge < -0.3 is 7.58 Å². The zero-order valence-electron chi connectivity index (χ0n) is 6.44. The standard InChI is InChI=1S/C3H4F3.2CH3O.Al/c1-2-3(4,5)6;2*1-2;/h1-2H2;2*1H3;/q;2*-1;+2. The van der Waals surface area contributed by atoms with E-state index in [4.69, 9.17) is 7.58 Å². The van der Waals surface area contributed by atoms with E-state index in [1.165, 1.54) is 14.2 Å². The monoisotopic (exact) mass is 186 g/mol. The molecule has 0 N–H and O–H groups in total. The van der Waals surface area contributed by atoms with Crippen LogP contribution in [0.3, 0.4) is 0 Å². The Morgan fingerprint density at radius 3 is 1.91 bits per heavy atom. The summed E-state index contributed by atoms with van der Waals surface area (Å²) in [6, 6.07) is 0. The summed E-state index contributed by atoms with van der Waals surface area (Å²) in [5.74, 6) is 0. The molecular weight excluding hydrogens is 176 g/mol. The molecule has 66 valence electrons. The maximum atomic E-state index is 11.6. The summed E-state index contributed by atoms with van der Waals surface area (Å²) in [7, 11) is 2.74. The predicted octanol–water partition coefficient (Wildman–Crippen LogP) is 1.72. The highest BCUT2D eigenvalue weighted by Crippen LogP contribution is 2.22. The molecule has 0 amide bonds.